The van der Waals surface area contributed by atoms with E-state index >= 15 is 0 Å². The molecule has 5 nitrogen and oxygen atoms in total. The summed E-state index contributed by atoms with van der Waals surface area (Å²) in [4.78, 5) is 4.34. The highest BCUT2D eigenvalue weighted by Gasteiger charge is 2.10. The highest BCUT2D eigenvalue weighted by molar-refractivity contribution is 5.34. The Morgan fingerprint density at radius 1 is 1.26 bits per heavy atom. The summed E-state index contributed by atoms with van der Waals surface area (Å²) in [5.74, 6) is 2.10. The number of para-hydroxylation sites is 1. The number of hydrogen-bond donors (Lipinski definition) is 0. The van der Waals surface area contributed by atoms with Crippen molar-refractivity contribution in [3.63, 3.8) is 0 Å². The fourth-order valence-electron chi connectivity index (χ4n) is 1.78. The number of hydrogen-bond acceptors (Lipinski definition) is 5. The Morgan fingerprint density at radius 3 is 2.89 bits per heavy atom. The molecule has 0 aliphatic carbocycles. The van der Waals surface area contributed by atoms with Crippen LogP contribution < -0.4 is 4.74 Å². The molecule has 0 aliphatic heterocycles. The van der Waals surface area contributed by atoms with Crippen LogP contribution in [-0.4, -0.2) is 30.5 Å². The van der Waals surface area contributed by atoms with E-state index in [2.05, 4.69) is 10.1 Å². The first-order valence-corrected chi connectivity index (χ1v) is 6.34. The molecule has 0 spiro atoms. The van der Waals surface area contributed by atoms with Gasteiger partial charge in [-0.2, -0.15) is 4.98 Å². The summed E-state index contributed by atoms with van der Waals surface area (Å²) in [6.07, 6.45) is 1.24. The molecule has 102 valence electrons. The summed E-state index contributed by atoms with van der Waals surface area (Å²) in [5, 5.41) is 3.93. The van der Waals surface area contributed by atoms with Gasteiger partial charge < -0.3 is 14.0 Å². The number of rotatable bonds is 7. The molecular formula is C14H18N2O3. The van der Waals surface area contributed by atoms with Gasteiger partial charge in [-0.1, -0.05) is 23.4 Å². The monoisotopic (exact) mass is 262 g/mol. The number of ether oxygens (including phenoxy) is 2. The molecule has 0 N–H and O–H groups in total. The van der Waals surface area contributed by atoms with Gasteiger partial charge in [0.1, 0.15) is 5.75 Å². The SMILES string of the molecule is CCOCCc1noc(Cc2ccccc2OC)n1. The zero-order valence-electron chi connectivity index (χ0n) is 11.3. The van der Waals surface area contributed by atoms with Gasteiger partial charge in [0.2, 0.25) is 5.89 Å². The van der Waals surface area contributed by atoms with Gasteiger partial charge in [0.25, 0.3) is 0 Å². The van der Waals surface area contributed by atoms with E-state index in [0.717, 1.165) is 11.3 Å². The molecule has 0 aliphatic rings. The highest BCUT2D eigenvalue weighted by atomic mass is 16.5. The molecule has 0 fully saturated rings. The lowest BCUT2D eigenvalue weighted by atomic mass is 10.1. The molecule has 0 saturated carbocycles. The molecule has 0 radical (unpaired) electrons. The topological polar surface area (TPSA) is 57.4 Å². The minimum atomic E-state index is 0.575. The zero-order chi connectivity index (χ0) is 13.5. The van der Waals surface area contributed by atoms with Crippen molar-refractivity contribution in [2.45, 2.75) is 19.8 Å². The smallest absolute Gasteiger partial charge is 0.231 e. The van der Waals surface area contributed by atoms with Crippen LogP contribution in [0.2, 0.25) is 0 Å². The molecule has 0 saturated heterocycles. The summed E-state index contributed by atoms with van der Waals surface area (Å²) in [6, 6.07) is 7.80. The van der Waals surface area contributed by atoms with Crippen molar-refractivity contribution in [2.75, 3.05) is 20.3 Å². The first kappa shape index (κ1) is 13.5. The second-order valence-electron chi connectivity index (χ2n) is 4.04. The van der Waals surface area contributed by atoms with Crippen molar-refractivity contribution in [2.24, 2.45) is 0 Å². The summed E-state index contributed by atoms with van der Waals surface area (Å²) in [7, 11) is 1.65. The van der Waals surface area contributed by atoms with E-state index in [1.54, 1.807) is 7.11 Å². The third kappa shape index (κ3) is 3.79. The van der Waals surface area contributed by atoms with Crippen molar-refractivity contribution in [3.8, 4) is 5.75 Å². The lowest BCUT2D eigenvalue weighted by molar-refractivity contribution is 0.149. The zero-order valence-corrected chi connectivity index (χ0v) is 11.3. The Balaban J connectivity index is 1.99. The minimum absolute atomic E-state index is 0.575. The Hall–Kier alpha value is -1.88. The summed E-state index contributed by atoms with van der Waals surface area (Å²) >= 11 is 0. The first-order chi connectivity index (χ1) is 9.33. The van der Waals surface area contributed by atoms with E-state index in [1.807, 2.05) is 31.2 Å². The van der Waals surface area contributed by atoms with Crippen molar-refractivity contribution >= 4 is 0 Å². The second-order valence-corrected chi connectivity index (χ2v) is 4.04. The van der Waals surface area contributed by atoms with E-state index in [9.17, 15) is 0 Å². The molecule has 0 atom stereocenters. The maximum absolute atomic E-state index is 5.29. The number of aromatic nitrogens is 2. The predicted octanol–water partition coefficient (Wildman–Crippen LogP) is 2.25. The molecule has 0 amide bonds. The minimum Gasteiger partial charge on any atom is -0.496 e. The molecule has 1 heterocycles. The maximum Gasteiger partial charge on any atom is 0.231 e. The third-order valence-corrected chi connectivity index (χ3v) is 2.72. The van der Waals surface area contributed by atoms with Crippen LogP contribution in [0.25, 0.3) is 0 Å². The van der Waals surface area contributed by atoms with Crippen molar-refractivity contribution in [3.05, 3.63) is 41.5 Å². The van der Waals surface area contributed by atoms with Gasteiger partial charge in [0, 0.05) is 18.6 Å². The van der Waals surface area contributed by atoms with Gasteiger partial charge in [-0.25, -0.2) is 0 Å². The fourth-order valence-corrected chi connectivity index (χ4v) is 1.78. The fraction of sp³-hybridized carbons (Fsp3) is 0.429. The Kier molecular flexibility index (Phi) is 4.92. The molecule has 0 bridgehead atoms. The largest absolute Gasteiger partial charge is 0.496 e. The molecular weight excluding hydrogens is 244 g/mol. The second kappa shape index (κ2) is 6.89. The Bertz CT molecular complexity index is 511. The lowest BCUT2D eigenvalue weighted by Gasteiger charge is -2.04. The quantitative estimate of drug-likeness (QED) is 0.716. The van der Waals surface area contributed by atoms with Crippen LogP contribution in [0.5, 0.6) is 5.75 Å². The van der Waals surface area contributed by atoms with Gasteiger partial charge in [-0.05, 0) is 13.0 Å². The van der Waals surface area contributed by atoms with Crippen molar-refractivity contribution in [1.29, 1.82) is 0 Å². The van der Waals surface area contributed by atoms with E-state index < -0.39 is 0 Å². The van der Waals surface area contributed by atoms with Gasteiger partial charge >= 0.3 is 0 Å². The standard InChI is InChI=1S/C14H18N2O3/c1-3-18-9-8-13-15-14(19-16-13)10-11-6-4-5-7-12(11)17-2/h4-7H,3,8-10H2,1-2H3. The van der Waals surface area contributed by atoms with Crippen molar-refractivity contribution in [1.82, 2.24) is 10.1 Å². The van der Waals surface area contributed by atoms with Crippen LogP contribution in [0, 0.1) is 0 Å². The summed E-state index contributed by atoms with van der Waals surface area (Å²) in [5.41, 5.74) is 1.03. The maximum atomic E-state index is 5.29. The summed E-state index contributed by atoms with van der Waals surface area (Å²) in [6.45, 7) is 3.28. The molecule has 5 heteroatoms. The number of methoxy groups -OCH3 is 1. The normalized spacial score (nSPS) is 10.6. The molecule has 1 aromatic heterocycles. The van der Waals surface area contributed by atoms with E-state index in [4.69, 9.17) is 14.0 Å². The molecule has 0 unspecified atom stereocenters. The number of nitrogens with zero attached hydrogens (tertiary/aromatic N) is 2. The first-order valence-electron chi connectivity index (χ1n) is 6.34. The third-order valence-electron chi connectivity index (χ3n) is 2.72. The lowest BCUT2D eigenvalue weighted by Crippen LogP contribution is -1.99. The van der Waals surface area contributed by atoms with Crippen LogP contribution in [0.3, 0.4) is 0 Å². The summed E-state index contributed by atoms with van der Waals surface area (Å²) < 4.78 is 15.8. The average molecular weight is 262 g/mol. The molecule has 2 aromatic rings. The van der Waals surface area contributed by atoms with Gasteiger partial charge in [-0.3, -0.25) is 0 Å². The van der Waals surface area contributed by atoms with E-state index in [-0.39, 0.29) is 0 Å². The van der Waals surface area contributed by atoms with Crippen LogP contribution in [0.4, 0.5) is 0 Å². The predicted molar refractivity (Wildman–Crippen MR) is 70.3 cm³/mol. The van der Waals surface area contributed by atoms with Crippen molar-refractivity contribution < 1.29 is 14.0 Å². The molecule has 1 aromatic carbocycles. The van der Waals surface area contributed by atoms with E-state index in [1.165, 1.54) is 0 Å². The number of benzene rings is 1. The van der Waals surface area contributed by atoms with Crippen LogP contribution in [0.1, 0.15) is 24.2 Å². The van der Waals surface area contributed by atoms with Gasteiger partial charge in [0.05, 0.1) is 20.1 Å². The Morgan fingerprint density at radius 2 is 2.11 bits per heavy atom. The van der Waals surface area contributed by atoms with Crippen LogP contribution in [0.15, 0.2) is 28.8 Å². The van der Waals surface area contributed by atoms with Gasteiger partial charge in [0.15, 0.2) is 5.82 Å². The average Bonchev–Trinajstić information content (AvgIpc) is 2.87. The molecule has 2 rings (SSSR count). The Labute approximate surface area is 112 Å². The van der Waals surface area contributed by atoms with Crippen LogP contribution in [-0.2, 0) is 17.6 Å². The molecule has 19 heavy (non-hydrogen) atoms. The van der Waals surface area contributed by atoms with Gasteiger partial charge in [-0.15, -0.1) is 0 Å². The van der Waals surface area contributed by atoms with Crippen LogP contribution >= 0.6 is 0 Å². The van der Waals surface area contributed by atoms with E-state index in [0.29, 0.717) is 37.8 Å². The highest BCUT2D eigenvalue weighted by Crippen LogP contribution is 2.20.